The van der Waals surface area contributed by atoms with Crippen molar-refractivity contribution in [1.29, 1.82) is 0 Å². The summed E-state index contributed by atoms with van der Waals surface area (Å²) in [5, 5.41) is 13.4. The van der Waals surface area contributed by atoms with Gasteiger partial charge in [-0.15, -0.1) is 0 Å². The number of primary amides is 1. The maximum atomic E-state index is 11.9. The lowest BCUT2D eigenvalue weighted by atomic mass is 9.76. The van der Waals surface area contributed by atoms with Crippen LogP contribution < -0.4 is 11.1 Å². The van der Waals surface area contributed by atoms with Crippen LogP contribution in [0, 0.1) is 5.92 Å². The maximum absolute atomic E-state index is 11.9. The summed E-state index contributed by atoms with van der Waals surface area (Å²) in [4.78, 5) is 22.2. The number of fused-ring (bicyclic) bond motifs is 1. The number of carbonyl (C=O) groups excluding carboxylic acids is 1. The van der Waals surface area contributed by atoms with Gasteiger partial charge in [-0.05, 0) is 45.4 Å². The van der Waals surface area contributed by atoms with E-state index in [-0.39, 0.29) is 29.4 Å². The second-order valence-corrected chi connectivity index (χ2v) is 11.8. The van der Waals surface area contributed by atoms with Crippen LogP contribution in [-0.4, -0.2) is 57.9 Å². The van der Waals surface area contributed by atoms with Gasteiger partial charge in [0.1, 0.15) is 15.4 Å². The number of rotatable bonds is 5. The van der Waals surface area contributed by atoms with Gasteiger partial charge in [-0.1, -0.05) is 5.16 Å². The van der Waals surface area contributed by atoms with E-state index in [0.717, 1.165) is 40.8 Å². The van der Waals surface area contributed by atoms with Gasteiger partial charge >= 0.3 is 0 Å². The van der Waals surface area contributed by atoms with Crippen LogP contribution in [0.2, 0.25) is 0 Å². The Labute approximate surface area is 192 Å². The van der Waals surface area contributed by atoms with Crippen molar-refractivity contribution in [3.05, 3.63) is 18.0 Å². The van der Waals surface area contributed by atoms with Crippen LogP contribution >= 0.6 is 0 Å². The zero-order valence-electron chi connectivity index (χ0n) is 18.8. The van der Waals surface area contributed by atoms with Crippen molar-refractivity contribution in [2.24, 2.45) is 16.8 Å². The lowest BCUT2D eigenvalue weighted by Gasteiger charge is -2.33. The van der Waals surface area contributed by atoms with Gasteiger partial charge in [-0.3, -0.25) is 4.79 Å². The van der Waals surface area contributed by atoms with Crippen LogP contribution in [0.4, 0.5) is 5.69 Å². The van der Waals surface area contributed by atoms with Gasteiger partial charge in [0, 0.05) is 36.7 Å². The van der Waals surface area contributed by atoms with Crippen LogP contribution in [0.25, 0.3) is 11.0 Å². The summed E-state index contributed by atoms with van der Waals surface area (Å²) >= 11 is 0. The SMILES string of the molecule is CCn1ncc2c(NC3CCS(=O)(=O)CC3)c(C3=NOC4(CCC(C(N)=O)CC4)C3)cnc21. The number of carbonyl (C=O) groups is 1. The van der Waals surface area contributed by atoms with E-state index in [1.54, 1.807) is 6.20 Å². The van der Waals surface area contributed by atoms with Gasteiger partial charge in [-0.25, -0.2) is 18.1 Å². The fourth-order valence-corrected chi connectivity index (χ4v) is 6.72. The third kappa shape index (κ3) is 4.18. The van der Waals surface area contributed by atoms with E-state index in [1.807, 2.05) is 17.8 Å². The first kappa shape index (κ1) is 22.1. The standard InChI is InChI=1S/C22H30N6O4S/c1-2-28-21-17(13-25-28)19(26-15-5-9-33(30,31)10-6-15)16(12-24-21)18-11-22(32-27-18)7-3-14(4-8-22)20(23)29/h12-15H,2-11H2,1H3,(H2,23,29)(H,24,26). The Kier molecular flexibility index (Phi) is 5.54. The van der Waals surface area contributed by atoms with E-state index < -0.39 is 15.4 Å². The van der Waals surface area contributed by atoms with Crippen LogP contribution in [-0.2, 0) is 26.0 Å². The van der Waals surface area contributed by atoms with Gasteiger partial charge < -0.3 is 15.9 Å². The van der Waals surface area contributed by atoms with Crippen molar-refractivity contribution in [1.82, 2.24) is 14.8 Å². The number of anilines is 1. The van der Waals surface area contributed by atoms with Gasteiger partial charge in [0.15, 0.2) is 5.65 Å². The Morgan fingerprint density at radius 3 is 2.64 bits per heavy atom. The molecule has 33 heavy (non-hydrogen) atoms. The minimum Gasteiger partial charge on any atom is -0.389 e. The van der Waals surface area contributed by atoms with Gasteiger partial charge in [0.2, 0.25) is 5.91 Å². The number of nitrogens with two attached hydrogens (primary N) is 1. The Bertz CT molecular complexity index is 1200. The average Bonchev–Trinajstić information content (AvgIpc) is 3.40. The molecule has 1 saturated heterocycles. The van der Waals surface area contributed by atoms with E-state index >= 15 is 0 Å². The minimum atomic E-state index is -2.95. The molecule has 3 aliphatic rings. The molecule has 4 heterocycles. The Balaban J connectivity index is 1.43. The Morgan fingerprint density at radius 2 is 1.97 bits per heavy atom. The molecule has 1 spiro atoms. The number of aryl methyl sites for hydroxylation is 1. The summed E-state index contributed by atoms with van der Waals surface area (Å²) in [6.07, 6.45) is 8.28. The molecule has 5 rings (SSSR count). The first-order valence-electron chi connectivity index (χ1n) is 11.7. The molecule has 3 N–H and O–H groups in total. The predicted molar refractivity (Wildman–Crippen MR) is 125 cm³/mol. The van der Waals surface area contributed by atoms with Crippen molar-refractivity contribution in [2.75, 3.05) is 16.8 Å². The lowest BCUT2D eigenvalue weighted by molar-refractivity contribution is -0.125. The van der Waals surface area contributed by atoms with Crippen molar-refractivity contribution >= 4 is 38.2 Å². The first-order chi connectivity index (χ1) is 15.8. The molecule has 1 saturated carbocycles. The van der Waals surface area contributed by atoms with E-state index in [1.165, 1.54) is 0 Å². The smallest absolute Gasteiger partial charge is 0.220 e. The van der Waals surface area contributed by atoms with E-state index in [9.17, 15) is 13.2 Å². The molecule has 0 atom stereocenters. The fraction of sp³-hybridized carbons (Fsp3) is 0.636. The molecular formula is C22H30N6O4S. The van der Waals surface area contributed by atoms with Crippen molar-refractivity contribution in [3.8, 4) is 0 Å². The van der Waals surface area contributed by atoms with Gasteiger partial charge in [0.05, 0.1) is 34.5 Å². The first-order valence-corrected chi connectivity index (χ1v) is 13.5. The lowest BCUT2D eigenvalue weighted by Crippen LogP contribution is -2.38. The predicted octanol–water partition coefficient (Wildman–Crippen LogP) is 1.98. The molecule has 0 radical (unpaired) electrons. The summed E-state index contributed by atoms with van der Waals surface area (Å²) in [6.45, 7) is 2.72. The zero-order valence-corrected chi connectivity index (χ0v) is 19.6. The Hall–Kier alpha value is -2.69. The molecule has 11 heteroatoms. The number of hydrogen-bond acceptors (Lipinski definition) is 8. The highest BCUT2D eigenvalue weighted by Crippen LogP contribution is 2.43. The number of sulfone groups is 1. The molecule has 0 bridgehead atoms. The van der Waals surface area contributed by atoms with E-state index in [4.69, 9.17) is 10.6 Å². The number of nitrogens with one attached hydrogen (secondary N) is 1. The molecule has 1 aliphatic carbocycles. The molecule has 0 aromatic carbocycles. The van der Waals surface area contributed by atoms with Crippen LogP contribution in [0.5, 0.6) is 0 Å². The number of oxime groups is 1. The summed E-state index contributed by atoms with van der Waals surface area (Å²) in [7, 11) is -2.95. The normalized spacial score (nSPS) is 22.9. The molecule has 2 fully saturated rings. The highest BCUT2D eigenvalue weighted by molar-refractivity contribution is 7.91. The summed E-state index contributed by atoms with van der Waals surface area (Å²) in [5.74, 6) is 0.0429. The molecule has 10 nitrogen and oxygen atoms in total. The number of pyridine rings is 1. The molecule has 2 aliphatic heterocycles. The van der Waals surface area contributed by atoms with Gasteiger partial charge in [0.25, 0.3) is 0 Å². The van der Waals surface area contributed by atoms with E-state index in [2.05, 4.69) is 20.6 Å². The second kappa shape index (κ2) is 8.27. The van der Waals surface area contributed by atoms with Crippen molar-refractivity contribution in [3.63, 3.8) is 0 Å². The minimum absolute atomic E-state index is 0.0470. The van der Waals surface area contributed by atoms with Crippen molar-refractivity contribution < 1.29 is 18.0 Å². The topological polar surface area (TPSA) is 142 Å². The summed E-state index contributed by atoms with van der Waals surface area (Å²) < 4.78 is 25.6. The molecule has 2 aromatic rings. The Morgan fingerprint density at radius 1 is 1.24 bits per heavy atom. The third-order valence-corrected chi connectivity index (χ3v) is 9.03. The highest BCUT2D eigenvalue weighted by atomic mass is 32.2. The third-order valence-electron chi connectivity index (χ3n) is 7.32. The number of aromatic nitrogens is 3. The number of nitrogens with zero attached hydrogens (tertiary/aromatic N) is 4. The quantitative estimate of drug-likeness (QED) is 0.675. The molecule has 1 amide bonds. The van der Waals surface area contributed by atoms with Crippen LogP contribution in [0.3, 0.4) is 0 Å². The largest absolute Gasteiger partial charge is 0.389 e. The highest BCUT2D eigenvalue weighted by Gasteiger charge is 2.44. The zero-order chi connectivity index (χ0) is 23.2. The summed E-state index contributed by atoms with van der Waals surface area (Å²) in [6, 6.07) is 0.0470. The molecule has 2 aromatic heterocycles. The summed E-state index contributed by atoms with van der Waals surface area (Å²) in [5.41, 5.74) is 8.43. The second-order valence-electron chi connectivity index (χ2n) is 9.48. The average molecular weight is 475 g/mol. The van der Waals surface area contributed by atoms with E-state index in [0.29, 0.717) is 38.6 Å². The van der Waals surface area contributed by atoms with Gasteiger partial charge in [-0.2, -0.15) is 5.10 Å². The maximum Gasteiger partial charge on any atom is 0.220 e. The van der Waals surface area contributed by atoms with Crippen molar-refractivity contribution in [2.45, 2.75) is 70.1 Å². The number of hydrogen-bond donors (Lipinski definition) is 2. The van der Waals surface area contributed by atoms with Crippen LogP contribution in [0.15, 0.2) is 17.5 Å². The monoisotopic (exact) mass is 474 g/mol. The van der Waals surface area contributed by atoms with Crippen LogP contribution in [0.1, 0.15) is 57.4 Å². The molecule has 178 valence electrons. The molecule has 0 unspecified atom stereocenters. The number of amides is 1. The molecular weight excluding hydrogens is 444 g/mol. The fourth-order valence-electron chi connectivity index (χ4n) is 5.23.